The van der Waals surface area contributed by atoms with Crippen molar-refractivity contribution in [1.29, 1.82) is 0 Å². The summed E-state index contributed by atoms with van der Waals surface area (Å²) in [4.78, 5) is 10.6. The summed E-state index contributed by atoms with van der Waals surface area (Å²) in [6, 6.07) is 0. The average Bonchev–Trinajstić information content (AvgIpc) is 2.69. The number of carbonyl (C=O) groups is 1. The molecule has 0 saturated heterocycles. The molecular weight excluding hydrogens is 140 g/mol. The van der Waals surface area contributed by atoms with Gasteiger partial charge in [-0.3, -0.25) is 0 Å². The van der Waals surface area contributed by atoms with Crippen molar-refractivity contribution in [2.75, 3.05) is 6.61 Å². The highest BCUT2D eigenvalue weighted by atomic mass is 16.3. The molecule has 1 aliphatic carbocycles. The van der Waals surface area contributed by atoms with E-state index in [4.69, 9.17) is 5.11 Å². The fourth-order valence-electron chi connectivity index (χ4n) is 1.51. The zero-order chi connectivity index (χ0) is 8.54. The smallest absolute Gasteiger partial charge is 0.126 e. The van der Waals surface area contributed by atoms with E-state index in [0.29, 0.717) is 0 Å². The van der Waals surface area contributed by atoms with Crippen LogP contribution in [0.3, 0.4) is 0 Å². The van der Waals surface area contributed by atoms with E-state index in [0.717, 1.165) is 25.5 Å². The van der Waals surface area contributed by atoms with Gasteiger partial charge in [-0.2, -0.15) is 0 Å². The fourth-order valence-corrected chi connectivity index (χ4v) is 1.51. The van der Waals surface area contributed by atoms with Gasteiger partial charge in [0.25, 0.3) is 0 Å². The van der Waals surface area contributed by atoms with Crippen LogP contribution in [0, 0.1) is 10.8 Å². The summed E-state index contributed by atoms with van der Waals surface area (Å²) in [5.41, 5.74) is -0.149. The zero-order valence-corrected chi connectivity index (χ0v) is 7.26. The molecule has 1 N–H and O–H groups in total. The third-order valence-electron chi connectivity index (χ3n) is 2.40. The van der Waals surface area contributed by atoms with Gasteiger partial charge in [0.1, 0.15) is 6.29 Å². The van der Waals surface area contributed by atoms with Gasteiger partial charge in [-0.05, 0) is 24.7 Å². The zero-order valence-electron chi connectivity index (χ0n) is 7.26. The van der Waals surface area contributed by atoms with Gasteiger partial charge >= 0.3 is 0 Å². The van der Waals surface area contributed by atoms with Gasteiger partial charge in [-0.15, -0.1) is 0 Å². The number of aldehydes is 1. The molecule has 0 aromatic heterocycles. The molecule has 64 valence electrons. The molecular formula is C9H16O2. The Balaban J connectivity index is 2.47. The second kappa shape index (κ2) is 2.59. The Bertz CT molecular complexity index is 157. The third kappa shape index (κ3) is 2.03. The van der Waals surface area contributed by atoms with Crippen LogP contribution in [-0.2, 0) is 4.79 Å². The minimum absolute atomic E-state index is 0.0633. The number of hydrogen-bond acceptors (Lipinski definition) is 2. The molecule has 0 radical (unpaired) electrons. The maximum Gasteiger partial charge on any atom is 0.126 e. The van der Waals surface area contributed by atoms with E-state index in [1.54, 1.807) is 0 Å². The van der Waals surface area contributed by atoms with Gasteiger partial charge in [-0.1, -0.05) is 13.8 Å². The summed E-state index contributed by atoms with van der Waals surface area (Å²) >= 11 is 0. The quantitative estimate of drug-likeness (QED) is 0.624. The van der Waals surface area contributed by atoms with Crippen LogP contribution in [0.15, 0.2) is 0 Å². The van der Waals surface area contributed by atoms with E-state index < -0.39 is 0 Å². The summed E-state index contributed by atoms with van der Waals surface area (Å²) in [5.74, 6) is 0. The molecule has 0 unspecified atom stereocenters. The van der Waals surface area contributed by atoms with Crippen LogP contribution in [-0.4, -0.2) is 18.0 Å². The summed E-state index contributed by atoms with van der Waals surface area (Å²) in [7, 11) is 0. The summed E-state index contributed by atoms with van der Waals surface area (Å²) < 4.78 is 0. The number of rotatable bonds is 4. The normalized spacial score (nSPS) is 21.4. The SMILES string of the molecule is CC(C)(CO)CC1(C=O)CC1. The van der Waals surface area contributed by atoms with E-state index in [-0.39, 0.29) is 17.4 Å². The molecule has 0 aromatic rings. The third-order valence-corrected chi connectivity index (χ3v) is 2.40. The highest BCUT2D eigenvalue weighted by molar-refractivity contribution is 5.63. The first-order chi connectivity index (χ1) is 5.04. The molecule has 0 aliphatic heterocycles. The van der Waals surface area contributed by atoms with Crippen LogP contribution >= 0.6 is 0 Å². The highest BCUT2D eigenvalue weighted by Crippen LogP contribution is 2.51. The van der Waals surface area contributed by atoms with E-state index >= 15 is 0 Å². The Kier molecular flexibility index (Phi) is 2.06. The van der Waals surface area contributed by atoms with Gasteiger partial charge < -0.3 is 9.90 Å². The minimum Gasteiger partial charge on any atom is -0.396 e. The van der Waals surface area contributed by atoms with Crippen LogP contribution < -0.4 is 0 Å². The molecule has 1 fully saturated rings. The highest BCUT2D eigenvalue weighted by Gasteiger charge is 2.45. The number of aliphatic hydroxyl groups is 1. The van der Waals surface area contributed by atoms with E-state index in [1.807, 2.05) is 13.8 Å². The van der Waals surface area contributed by atoms with Gasteiger partial charge in [0.05, 0.1) is 0 Å². The van der Waals surface area contributed by atoms with Crippen molar-refractivity contribution in [3.63, 3.8) is 0 Å². The molecule has 0 atom stereocenters. The lowest BCUT2D eigenvalue weighted by Gasteiger charge is -2.24. The van der Waals surface area contributed by atoms with Gasteiger partial charge in [0.2, 0.25) is 0 Å². The van der Waals surface area contributed by atoms with E-state index in [9.17, 15) is 4.79 Å². The summed E-state index contributed by atoms with van der Waals surface area (Å²) in [6.07, 6.45) is 3.92. The molecule has 0 amide bonds. The molecule has 0 aromatic carbocycles. The van der Waals surface area contributed by atoms with Crippen molar-refractivity contribution in [1.82, 2.24) is 0 Å². The van der Waals surface area contributed by atoms with Gasteiger partial charge in [0.15, 0.2) is 0 Å². The lowest BCUT2D eigenvalue weighted by molar-refractivity contribution is -0.113. The largest absolute Gasteiger partial charge is 0.396 e. The Hall–Kier alpha value is -0.370. The van der Waals surface area contributed by atoms with Crippen molar-refractivity contribution in [2.24, 2.45) is 10.8 Å². The minimum atomic E-state index is -0.0859. The predicted octanol–water partition coefficient (Wildman–Crippen LogP) is 1.37. The number of hydrogen-bond donors (Lipinski definition) is 1. The number of carbonyl (C=O) groups excluding carboxylic acids is 1. The summed E-state index contributed by atoms with van der Waals surface area (Å²) in [6.45, 7) is 4.16. The molecule has 1 saturated carbocycles. The average molecular weight is 156 g/mol. The van der Waals surface area contributed by atoms with Crippen LogP contribution in [0.2, 0.25) is 0 Å². The molecule has 11 heavy (non-hydrogen) atoms. The van der Waals surface area contributed by atoms with E-state index in [2.05, 4.69) is 0 Å². The second-order valence-corrected chi connectivity index (χ2v) is 4.48. The topological polar surface area (TPSA) is 37.3 Å². The Morgan fingerprint density at radius 3 is 2.36 bits per heavy atom. The molecule has 0 bridgehead atoms. The van der Waals surface area contributed by atoms with Crippen molar-refractivity contribution in [3.05, 3.63) is 0 Å². The van der Waals surface area contributed by atoms with Crippen molar-refractivity contribution in [2.45, 2.75) is 33.1 Å². The summed E-state index contributed by atoms with van der Waals surface area (Å²) in [5, 5.41) is 8.96. The molecule has 2 nitrogen and oxygen atoms in total. The second-order valence-electron chi connectivity index (χ2n) is 4.48. The predicted molar refractivity (Wildman–Crippen MR) is 43.2 cm³/mol. The van der Waals surface area contributed by atoms with Crippen molar-refractivity contribution in [3.8, 4) is 0 Å². The lowest BCUT2D eigenvalue weighted by atomic mass is 9.82. The maximum atomic E-state index is 10.6. The lowest BCUT2D eigenvalue weighted by Crippen LogP contribution is -2.22. The Morgan fingerprint density at radius 1 is 1.55 bits per heavy atom. The molecule has 0 heterocycles. The first-order valence-corrected chi connectivity index (χ1v) is 4.11. The first kappa shape index (κ1) is 8.72. The van der Waals surface area contributed by atoms with E-state index in [1.165, 1.54) is 0 Å². The molecule has 1 rings (SSSR count). The van der Waals surface area contributed by atoms with Crippen molar-refractivity contribution >= 4 is 6.29 Å². The van der Waals surface area contributed by atoms with Crippen LogP contribution in [0.25, 0.3) is 0 Å². The Labute approximate surface area is 67.6 Å². The molecule has 2 heteroatoms. The van der Waals surface area contributed by atoms with Crippen LogP contribution in [0.4, 0.5) is 0 Å². The van der Waals surface area contributed by atoms with Gasteiger partial charge in [0, 0.05) is 12.0 Å². The standard InChI is InChI=1S/C9H16O2/c1-8(2,6-10)5-9(7-11)3-4-9/h7,10H,3-6H2,1-2H3. The maximum absolute atomic E-state index is 10.6. The molecule has 0 spiro atoms. The fraction of sp³-hybridized carbons (Fsp3) is 0.889. The molecule has 1 aliphatic rings. The monoisotopic (exact) mass is 156 g/mol. The van der Waals surface area contributed by atoms with Crippen molar-refractivity contribution < 1.29 is 9.90 Å². The number of aliphatic hydroxyl groups excluding tert-OH is 1. The first-order valence-electron chi connectivity index (χ1n) is 4.11. The van der Waals surface area contributed by atoms with Gasteiger partial charge in [-0.25, -0.2) is 0 Å². The van der Waals surface area contributed by atoms with Crippen LogP contribution in [0.1, 0.15) is 33.1 Å². The van der Waals surface area contributed by atoms with Crippen LogP contribution in [0.5, 0.6) is 0 Å². The Morgan fingerprint density at radius 2 is 2.09 bits per heavy atom.